The molecule has 0 saturated heterocycles. The molecular weight excluding hydrogens is 264 g/mol. The van der Waals surface area contributed by atoms with E-state index < -0.39 is 0 Å². The summed E-state index contributed by atoms with van der Waals surface area (Å²) in [4.78, 5) is 0. The molecule has 0 radical (unpaired) electrons. The van der Waals surface area contributed by atoms with Crippen LogP contribution < -0.4 is 0 Å². The van der Waals surface area contributed by atoms with Gasteiger partial charge in [0.05, 0.1) is 0 Å². The molecule has 22 heavy (non-hydrogen) atoms. The fraction of sp³-hybridized carbons (Fsp3) is 0.455. The number of hydrogen-bond donors (Lipinski definition) is 0. The molecule has 0 spiro atoms. The van der Waals surface area contributed by atoms with Crippen molar-refractivity contribution in [3.63, 3.8) is 0 Å². The van der Waals surface area contributed by atoms with Gasteiger partial charge in [0.2, 0.25) is 0 Å². The van der Waals surface area contributed by atoms with Gasteiger partial charge < -0.3 is 0 Å². The fourth-order valence-electron chi connectivity index (χ4n) is 2.81. The maximum absolute atomic E-state index is 2.32. The Hall–Kier alpha value is -1.56. The molecule has 0 saturated carbocycles. The van der Waals surface area contributed by atoms with E-state index in [-0.39, 0.29) is 0 Å². The van der Waals surface area contributed by atoms with E-state index >= 15 is 0 Å². The summed E-state index contributed by atoms with van der Waals surface area (Å²) in [6.07, 6.45) is 2.36. The Morgan fingerprint density at radius 1 is 0.591 bits per heavy atom. The first kappa shape index (κ1) is 20.4. The van der Waals surface area contributed by atoms with E-state index in [9.17, 15) is 0 Å². The van der Waals surface area contributed by atoms with Crippen LogP contribution in [0.1, 0.15) is 76.6 Å². The molecule has 0 aliphatic heterocycles. The number of hydrogen-bond acceptors (Lipinski definition) is 0. The van der Waals surface area contributed by atoms with Gasteiger partial charge in [0.25, 0.3) is 0 Å². The second-order valence-corrected chi connectivity index (χ2v) is 4.62. The van der Waals surface area contributed by atoms with Crippen LogP contribution in [0.2, 0.25) is 0 Å². The fourth-order valence-corrected chi connectivity index (χ4v) is 2.81. The highest BCUT2D eigenvalue weighted by Crippen LogP contribution is 2.33. The van der Waals surface area contributed by atoms with Crippen LogP contribution in [0.15, 0.2) is 48.5 Å². The zero-order chi connectivity index (χ0) is 17.0. The molecule has 0 aromatic heterocycles. The standard InChI is InChI=1S/C16H16.3C2H6/c1-12-15-8-4-2-6-13(15)10-11-14-7-3-5-9-16(12)14;3*1-2/h2-9,12H,10-11H2,1H3;3*1-2H3. The molecular formula is C22H34. The van der Waals surface area contributed by atoms with Crippen molar-refractivity contribution >= 4 is 0 Å². The number of fused-ring (bicyclic) bond motifs is 2. The first-order chi connectivity index (χ1) is 10.9. The van der Waals surface area contributed by atoms with Crippen LogP contribution in [0.4, 0.5) is 0 Å². The third-order valence-electron chi connectivity index (χ3n) is 3.71. The lowest BCUT2D eigenvalue weighted by Gasteiger charge is -2.14. The van der Waals surface area contributed by atoms with Crippen LogP contribution in [0.3, 0.4) is 0 Å². The highest BCUT2D eigenvalue weighted by molar-refractivity contribution is 5.44. The minimum absolute atomic E-state index is 0.537. The van der Waals surface area contributed by atoms with Gasteiger partial charge in [-0.3, -0.25) is 0 Å². The summed E-state index contributed by atoms with van der Waals surface area (Å²) >= 11 is 0. The highest BCUT2D eigenvalue weighted by Gasteiger charge is 2.18. The second kappa shape index (κ2) is 12.0. The van der Waals surface area contributed by atoms with Crippen molar-refractivity contribution in [3.05, 3.63) is 70.8 Å². The van der Waals surface area contributed by atoms with Gasteiger partial charge in [0.1, 0.15) is 0 Å². The van der Waals surface area contributed by atoms with Gasteiger partial charge in [-0.05, 0) is 35.1 Å². The van der Waals surface area contributed by atoms with Crippen LogP contribution in [0, 0.1) is 0 Å². The summed E-state index contributed by atoms with van der Waals surface area (Å²) in [6, 6.07) is 17.7. The normalized spacial score (nSPS) is 11.8. The molecule has 0 atom stereocenters. The molecule has 3 rings (SSSR count). The third kappa shape index (κ3) is 5.02. The molecule has 0 fully saturated rings. The average molecular weight is 299 g/mol. The topological polar surface area (TPSA) is 0 Å². The molecule has 2 aromatic rings. The molecule has 0 heteroatoms. The minimum atomic E-state index is 0.537. The third-order valence-corrected chi connectivity index (χ3v) is 3.71. The first-order valence-electron chi connectivity index (χ1n) is 9.02. The van der Waals surface area contributed by atoms with Crippen molar-refractivity contribution in [1.82, 2.24) is 0 Å². The molecule has 122 valence electrons. The summed E-state index contributed by atoms with van der Waals surface area (Å²) < 4.78 is 0. The predicted molar refractivity (Wildman–Crippen MR) is 102 cm³/mol. The number of aryl methyl sites for hydroxylation is 2. The van der Waals surface area contributed by atoms with Crippen molar-refractivity contribution in [2.24, 2.45) is 0 Å². The Morgan fingerprint density at radius 2 is 0.909 bits per heavy atom. The Morgan fingerprint density at radius 3 is 1.27 bits per heavy atom. The quantitative estimate of drug-likeness (QED) is 0.490. The van der Waals surface area contributed by atoms with Crippen molar-refractivity contribution in [1.29, 1.82) is 0 Å². The van der Waals surface area contributed by atoms with E-state index in [0.29, 0.717) is 5.92 Å². The van der Waals surface area contributed by atoms with Gasteiger partial charge >= 0.3 is 0 Å². The molecule has 0 bridgehead atoms. The molecule has 1 aliphatic rings. The van der Waals surface area contributed by atoms with Crippen LogP contribution in [-0.2, 0) is 12.8 Å². The lowest BCUT2D eigenvalue weighted by Crippen LogP contribution is -1.98. The van der Waals surface area contributed by atoms with Gasteiger partial charge in [-0.25, -0.2) is 0 Å². The van der Waals surface area contributed by atoms with Crippen molar-refractivity contribution in [2.75, 3.05) is 0 Å². The lowest BCUT2D eigenvalue weighted by molar-refractivity contribution is 0.913. The SMILES string of the molecule is CC.CC.CC.CC1c2ccccc2CCc2ccccc21. The van der Waals surface area contributed by atoms with Crippen LogP contribution >= 0.6 is 0 Å². The van der Waals surface area contributed by atoms with Gasteiger partial charge in [-0.1, -0.05) is 97.0 Å². The Kier molecular flexibility index (Phi) is 11.2. The molecule has 0 nitrogen and oxygen atoms in total. The maximum Gasteiger partial charge on any atom is 0.00664 e. The second-order valence-electron chi connectivity index (χ2n) is 4.62. The van der Waals surface area contributed by atoms with Crippen molar-refractivity contribution in [3.8, 4) is 0 Å². The maximum atomic E-state index is 2.32. The Labute approximate surface area is 138 Å². The van der Waals surface area contributed by atoms with Crippen molar-refractivity contribution < 1.29 is 0 Å². The minimum Gasteiger partial charge on any atom is -0.0683 e. The summed E-state index contributed by atoms with van der Waals surface area (Å²) in [5, 5.41) is 0. The van der Waals surface area contributed by atoms with E-state index in [2.05, 4.69) is 55.5 Å². The lowest BCUT2D eigenvalue weighted by atomic mass is 9.90. The van der Waals surface area contributed by atoms with E-state index in [1.165, 1.54) is 35.1 Å². The van der Waals surface area contributed by atoms with E-state index in [0.717, 1.165) is 0 Å². The molecule has 1 aliphatic carbocycles. The van der Waals surface area contributed by atoms with Crippen LogP contribution in [0.25, 0.3) is 0 Å². The summed E-state index contributed by atoms with van der Waals surface area (Å²) in [6.45, 7) is 14.3. The molecule has 0 heterocycles. The predicted octanol–water partition coefficient (Wildman–Crippen LogP) is 7.02. The smallest absolute Gasteiger partial charge is 0.00664 e. The van der Waals surface area contributed by atoms with Gasteiger partial charge in [0, 0.05) is 5.92 Å². The van der Waals surface area contributed by atoms with E-state index in [1.807, 2.05) is 41.5 Å². The van der Waals surface area contributed by atoms with E-state index in [1.54, 1.807) is 0 Å². The Bertz CT molecular complexity index is 463. The number of rotatable bonds is 0. The van der Waals surface area contributed by atoms with Crippen LogP contribution in [0.5, 0.6) is 0 Å². The summed E-state index contributed by atoms with van der Waals surface area (Å²) in [5.74, 6) is 0.537. The van der Waals surface area contributed by atoms with Gasteiger partial charge in [-0.15, -0.1) is 0 Å². The Balaban J connectivity index is 0.000000661. The van der Waals surface area contributed by atoms with Crippen molar-refractivity contribution in [2.45, 2.75) is 67.2 Å². The zero-order valence-electron chi connectivity index (χ0n) is 15.6. The van der Waals surface area contributed by atoms with Gasteiger partial charge in [0.15, 0.2) is 0 Å². The molecule has 0 N–H and O–H groups in total. The summed E-state index contributed by atoms with van der Waals surface area (Å²) in [7, 11) is 0. The molecule has 0 amide bonds. The zero-order valence-corrected chi connectivity index (χ0v) is 15.6. The van der Waals surface area contributed by atoms with Crippen LogP contribution in [-0.4, -0.2) is 0 Å². The van der Waals surface area contributed by atoms with Gasteiger partial charge in [-0.2, -0.15) is 0 Å². The molecule has 2 aromatic carbocycles. The first-order valence-corrected chi connectivity index (χ1v) is 9.02. The van der Waals surface area contributed by atoms with E-state index in [4.69, 9.17) is 0 Å². The monoisotopic (exact) mass is 298 g/mol. The highest BCUT2D eigenvalue weighted by atomic mass is 14.2. The largest absolute Gasteiger partial charge is 0.0683 e. The average Bonchev–Trinajstić information content (AvgIpc) is 2.78. The summed E-state index contributed by atoms with van der Waals surface area (Å²) in [5.41, 5.74) is 6.05. The number of benzene rings is 2. The molecule has 0 unspecified atom stereocenters.